The highest BCUT2D eigenvalue weighted by Crippen LogP contribution is 2.34. The number of terminal acetylenes is 1. The first-order chi connectivity index (χ1) is 7.36. The average Bonchev–Trinajstić information content (AvgIpc) is 2.31. The number of benzene rings is 1. The highest BCUT2D eigenvalue weighted by atomic mass is 16.5. The molecule has 0 fully saturated rings. The number of rotatable bonds is 2. The number of hydrogen-bond acceptors (Lipinski definition) is 3. The molecule has 3 heteroatoms. The van der Waals surface area contributed by atoms with Crippen molar-refractivity contribution in [3.8, 4) is 18.1 Å². The van der Waals surface area contributed by atoms with E-state index in [1.165, 1.54) is 0 Å². The van der Waals surface area contributed by atoms with Gasteiger partial charge in [-0.25, -0.2) is 5.43 Å². The van der Waals surface area contributed by atoms with E-state index in [2.05, 4.69) is 11.3 Å². The zero-order valence-electron chi connectivity index (χ0n) is 8.44. The van der Waals surface area contributed by atoms with Crippen molar-refractivity contribution in [3.05, 3.63) is 29.8 Å². The molecule has 1 aliphatic heterocycles. The number of hydrazine groups is 1. The second kappa shape index (κ2) is 4.35. The summed E-state index contributed by atoms with van der Waals surface area (Å²) >= 11 is 0. The van der Waals surface area contributed by atoms with E-state index < -0.39 is 0 Å². The molecule has 78 valence electrons. The zero-order chi connectivity index (χ0) is 10.7. The molecule has 0 aliphatic carbocycles. The maximum absolute atomic E-state index is 5.56. The Balaban J connectivity index is 2.34. The molecule has 0 bridgehead atoms. The minimum atomic E-state index is -0.130. The van der Waals surface area contributed by atoms with Crippen LogP contribution in [0, 0.1) is 12.3 Å². The van der Waals surface area contributed by atoms with Crippen molar-refractivity contribution in [3.63, 3.8) is 0 Å². The van der Waals surface area contributed by atoms with Crippen molar-refractivity contribution in [2.45, 2.75) is 18.4 Å². The fraction of sp³-hybridized carbons (Fsp3) is 0.333. The Bertz CT molecular complexity index is 383. The van der Waals surface area contributed by atoms with Crippen LogP contribution in [0.15, 0.2) is 24.3 Å². The van der Waals surface area contributed by atoms with Gasteiger partial charge in [0, 0.05) is 5.92 Å². The summed E-state index contributed by atoms with van der Waals surface area (Å²) in [5, 5.41) is 0. The summed E-state index contributed by atoms with van der Waals surface area (Å²) in [7, 11) is 0. The molecule has 1 aromatic carbocycles. The number of fused-ring (bicyclic) bond motifs is 1. The van der Waals surface area contributed by atoms with Crippen LogP contribution in [-0.2, 0) is 0 Å². The minimum absolute atomic E-state index is 0.130. The number of hydrogen-bond donors (Lipinski definition) is 2. The maximum atomic E-state index is 5.56. The van der Waals surface area contributed by atoms with Gasteiger partial charge in [0.05, 0.1) is 12.6 Å². The lowest BCUT2D eigenvalue weighted by Gasteiger charge is -2.29. The van der Waals surface area contributed by atoms with E-state index in [1.54, 1.807) is 0 Å². The molecule has 1 heterocycles. The predicted octanol–water partition coefficient (Wildman–Crippen LogP) is 1.02. The van der Waals surface area contributed by atoms with Crippen molar-refractivity contribution in [1.82, 2.24) is 5.43 Å². The van der Waals surface area contributed by atoms with Gasteiger partial charge in [-0.1, -0.05) is 24.1 Å². The largest absolute Gasteiger partial charge is 0.493 e. The van der Waals surface area contributed by atoms with Crippen molar-refractivity contribution < 1.29 is 4.74 Å². The van der Waals surface area contributed by atoms with E-state index in [4.69, 9.17) is 17.0 Å². The standard InChI is InChI=1S/C12H14N2O/c1-2-11(14-13)9-7-8-15-12-6-4-3-5-10(9)12/h1,3-6,9,11,14H,7-8,13H2. The van der Waals surface area contributed by atoms with Crippen LogP contribution in [0.1, 0.15) is 17.9 Å². The quantitative estimate of drug-likeness (QED) is 0.427. The van der Waals surface area contributed by atoms with Gasteiger partial charge >= 0.3 is 0 Å². The van der Waals surface area contributed by atoms with E-state index in [9.17, 15) is 0 Å². The number of nitrogens with two attached hydrogens (primary N) is 1. The molecule has 0 saturated carbocycles. The third kappa shape index (κ3) is 1.82. The first-order valence-electron chi connectivity index (χ1n) is 5.01. The Kier molecular flexibility index (Phi) is 2.91. The maximum Gasteiger partial charge on any atom is 0.122 e. The smallest absolute Gasteiger partial charge is 0.122 e. The molecule has 0 amide bonds. The van der Waals surface area contributed by atoms with Gasteiger partial charge in [0.2, 0.25) is 0 Å². The van der Waals surface area contributed by atoms with E-state index in [1.807, 2.05) is 24.3 Å². The van der Waals surface area contributed by atoms with Crippen LogP contribution in [0.25, 0.3) is 0 Å². The van der Waals surface area contributed by atoms with Gasteiger partial charge in [0.15, 0.2) is 0 Å². The topological polar surface area (TPSA) is 47.3 Å². The van der Waals surface area contributed by atoms with Crippen LogP contribution in [-0.4, -0.2) is 12.6 Å². The highest BCUT2D eigenvalue weighted by Gasteiger charge is 2.26. The lowest BCUT2D eigenvalue weighted by molar-refractivity contribution is 0.256. The van der Waals surface area contributed by atoms with E-state index in [0.717, 1.165) is 17.7 Å². The molecular weight excluding hydrogens is 188 g/mol. The Hall–Kier alpha value is -1.50. The van der Waals surface area contributed by atoms with Crippen LogP contribution in [0.4, 0.5) is 0 Å². The molecule has 3 nitrogen and oxygen atoms in total. The first kappa shape index (κ1) is 10.0. The monoisotopic (exact) mass is 202 g/mol. The van der Waals surface area contributed by atoms with E-state index in [-0.39, 0.29) is 12.0 Å². The van der Waals surface area contributed by atoms with Gasteiger partial charge in [-0.15, -0.1) is 6.42 Å². The second-order valence-electron chi connectivity index (χ2n) is 3.59. The van der Waals surface area contributed by atoms with Crippen LogP contribution < -0.4 is 16.0 Å². The Morgan fingerprint density at radius 3 is 3.07 bits per heavy atom. The third-order valence-corrected chi connectivity index (χ3v) is 2.77. The lowest BCUT2D eigenvalue weighted by atomic mass is 9.87. The normalized spacial score (nSPS) is 20.9. The molecule has 0 saturated heterocycles. The Morgan fingerprint density at radius 2 is 2.33 bits per heavy atom. The zero-order valence-corrected chi connectivity index (χ0v) is 8.44. The van der Waals surface area contributed by atoms with Gasteiger partial charge in [-0.3, -0.25) is 5.84 Å². The Morgan fingerprint density at radius 1 is 1.53 bits per heavy atom. The molecule has 15 heavy (non-hydrogen) atoms. The summed E-state index contributed by atoms with van der Waals surface area (Å²) in [5.74, 6) is 9.27. The second-order valence-corrected chi connectivity index (χ2v) is 3.59. The SMILES string of the molecule is C#CC(NN)C1CCOc2ccccc21. The summed E-state index contributed by atoms with van der Waals surface area (Å²) in [6, 6.07) is 7.83. The number of nitrogens with one attached hydrogen (secondary N) is 1. The van der Waals surface area contributed by atoms with Gasteiger partial charge < -0.3 is 4.74 Å². The highest BCUT2D eigenvalue weighted by molar-refractivity contribution is 5.39. The molecule has 2 rings (SSSR count). The van der Waals surface area contributed by atoms with Crippen molar-refractivity contribution >= 4 is 0 Å². The fourth-order valence-corrected chi connectivity index (χ4v) is 2.00. The van der Waals surface area contributed by atoms with Gasteiger partial charge in [-0.05, 0) is 18.1 Å². The summed E-state index contributed by atoms with van der Waals surface area (Å²) in [4.78, 5) is 0. The van der Waals surface area contributed by atoms with Gasteiger partial charge in [-0.2, -0.15) is 0 Å². The average molecular weight is 202 g/mol. The van der Waals surface area contributed by atoms with Crippen molar-refractivity contribution in [1.29, 1.82) is 0 Å². The lowest BCUT2D eigenvalue weighted by Crippen LogP contribution is -2.40. The van der Waals surface area contributed by atoms with Crippen molar-refractivity contribution in [2.24, 2.45) is 5.84 Å². The van der Waals surface area contributed by atoms with Gasteiger partial charge in [0.25, 0.3) is 0 Å². The summed E-state index contributed by atoms with van der Waals surface area (Å²) in [6.07, 6.45) is 6.34. The summed E-state index contributed by atoms with van der Waals surface area (Å²) < 4.78 is 5.56. The fourth-order valence-electron chi connectivity index (χ4n) is 2.00. The molecule has 0 aromatic heterocycles. The van der Waals surface area contributed by atoms with Crippen LogP contribution in [0.3, 0.4) is 0 Å². The molecule has 0 spiro atoms. The number of para-hydroxylation sites is 1. The number of ether oxygens (including phenoxy) is 1. The molecule has 1 aliphatic rings. The molecule has 2 unspecified atom stereocenters. The molecule has 1 aromatic rings. The minimum Gasteiger partial charge on any atom is -0.493 e. The van der Waals surface area contributed by atoms with Crippen LogP contribution >= 0.6 is 0 Å². The van der Waals surface area contributed by atoms with Gasteiger partial charge in [0.1, 0.15) is 5.75 Å². The first-order valence-corrected chi connectivity index (χ1v) is 5.01. The summed E-state index contributed by atoms with van der Waals surface area (Å²) in [6.45, 7) is 0.696. The third-order valence-electron chi connectivity index (χ3n) is 2.77. The van der Waals surface area contributed by atoms with Crippen LogP contribution in [0.5, 0.6) is 5.75 Å². The summed E-state index contributed by atoms with van der Waals surface area (Å²) in [5.41, 5.74) is 3.81. The Labute approximate surface area is 89.6 Å². The van der Waals surface area contributed by atoms with E-state index >= 15 is 0 Å². The predicted molar refractivity (Wildman–Crippen MR) is 59.2 cm³/mol. The molecule has 0 radical (unpaired) electrons. The van der Waals surface area contributed by atoms with Crippen molar-refractivity contribution in [2.75, 3.05) is 6.61 Å². The van der Waals surface area contributed by atoms with Crippen LogP contribution in [0.2, 0.25) is 0 Å². The molecular formula is C12H14N2O. The molecule has 3 N–H and O–H groups in total. The van der Waals surface area contributed by atoms with E-state index in [0.29, 0.717) is 6.61 Å². The molecule has 2 atom stereocenters.